The van der Waals surface area contributed by atoms with Crippen molar-refractivity contribution in [2.24, 2.45) is 0 Å². The third kappa shape index (κ3) is 3.20. The van der Waals surface area contributed by atoms with Crippen molar-refractivity contribution in [1.82, 2.24) is 4.90 Å². The second-order valence-corrected chi connectivity index (χ2v) is 7.40. The number of benzene rings is 3. The third-order valence-corrected chi connectivity index (χ3v) is 5.69. The van der Waals surface area contributed by atoms with Gasteiger partial charge in [-0.15, -0.1) is 0 Å². The van der Waals surface area contributed by atoms with Crippen molar-refractivity contribution in [3.8, 4) is 17.2 Å². The van der Waals surface area contributed by atoms with Gasteiger partial charge in [-0.05, 0) is 79.0 Å². The Labute approximate surface area is 165 Å². The van der Waals surface area contributed by atoms with E-state index in [1.165, 1.54) is 6.42 Å². The summed E-state index contributed by atoms with van der Waals surface area (Å²) in [6, 6.07) is 22.1. The Morgan fingerprint density at radius 1 is 0.500 bits per heavy atom. The van der Waals surface area contributed by atoms with Crippen LogP contribution < -0.4 is 0 Å². The average molecular weight is 375 g/mol. The minimum Gasteiger partial charge on any atom is -0.508 e. The Hall–Kier alpha value is -2.98. The number of hydrogen-bond donors (Lipinski definition) is 3. The van der Waals surface area contributed by atoms with Crippen LogP contribution in [-0.2, 0) is 5.54 Å². The normalized spacial score (nSPS) is 15.4. The Balaban J connectivity index is 2.01. The molecule has 28 heavy (non-hydrogen) atoms. The molecule has 1 saturated heterocycles. The minimum atomic E-state index is -0.574. The highest BCUT2D eigenvalue weighted by Crippen LogP contribution is 2.44. The molecule has 0 aromatic heterocycles. The summed E-state index contributed by atoms with van der Waals surface area (Å²) in [6.45, 7) is 1.89. The average Bonchev–Trinajstić information content (AvgIpc) is 2.73. The number of likely N-dealkylation sites (tertiary alicyclic amines) is 1. The highest BCUT2D eigenvalue weighted by atomic mass is 16.3. The second kappa shape index (κ2) is 7.56. The van der Waals surface area contributed by atoms with Crippen molar-refractivity contribution >= 4 is 0 Å². The molecule has 0 radical (unpaired) electrons. The SMILES string of the molecule is Oc1ccc(C(c2ccc(O)cc2)(c2ccc(O)cc2)N2CCCCC2)cc1. The van der Waals surface area contributed by atoms with Crippen molar-refractivity contribution < 1.29 is 15.3 Å². The molecule has 1 aliphatic heterocycles. The van der Waals surface area contributed by atoms with Gasteiger partial charge in [0.15, 0.2) is 0 Å². The molecule has 4 rings (SSSR count). The first-order valence-electron chi connectivity index (χ1n) is 9.74. The highest BCUT2D eigenvalue weighted by Gasteiger charge is 2.42. The highest BCUT2D eigenvalue weighted by molar-refractivity contribution is 5.52. The minimum absolute atomic E-state index is 0.229. The lowest BCUT2D eigenvalue weighted by Gasteiger charge is -2.47. The van der Waals surface area contributed by atoms with Gasteiger partial charge >= 0.3 is 0 Å². The van der Waals surface area contributed by atoms with Crippen LogP contribution in [0.3, 0.4) is 0 Å². The predicted octanol–water partition coefficient (Wildman–Crippen LogP) is 4.58. The number of piperidine rings is 1. The summed E-state index contributed by atoms with van der Waals surface area (Å²) in [7, 11) is 0. The number of nitrogens with zero attached hydrogens (tertiary/aromatic N) is 1. The van der Waals surface area contributed by atoms with E-state index in [-0.39, 0.29) is 17.2 Å². The van der Waals surface area contributed by atoms with Crippen LogP contribution in [0.5, 0.6) is 17.2 Å². The van der Waals surface area contributed by atoms with E-state index in [4.69, 9.17) is 0 Å². The fourth-order valence-electron chi connectivity index (χ4n) is 4.38. The zero-order valence-corrected chi connectivity index (χ0v) is 15.8. The molecule has 0 amide bonds. The maximum atomic E-state index is 9.87. The summed E-state index contributed by atoms with van der Waals surface area (Å²) >= 11 is 0. The number of phenolic OH excluding ortho intramolecular Hbond substituents is 3. The van der Waals surface area contributed by atoms with Crippen molar-refractivity contribution in [1.29, 1.82) is 0 Å². The molecule has 4 heteroatoms. The molecule has 3 N–H and O–H groups in total. The molecule has 0 aliphatic carbocycles. The number of hydrogen-bond acceptors (Lipinski definition) is 4. The Bertz CT molecular complexity index is 801. The molecule has 3 aromatic rings. The molecule has 1 aliphatic rings. The summed E-state index contributed by atoms with van der Waals surface area (Å²) in [5.74, 6) is 0.688. The molecule has 4 nitrogen and oxygen atoms in total. The Morgan fingerprint density at radius 2 is 0.821 bits per heavy atom. The predicted molar refractivity (Wildman–Crippen MR) is 110 cm³/mol. The smallest absolute Gasteiger partial charge is 0.115 e. The van der Waals surface area contributed by atoms with Crippen molar-refractivity contribution in [2.45, 2.75) is 24.8 Å². The van der Waals surface area contributed by atoms with Crippen LogP contribution >= 0.6 is 0 Å². The molecule has 1 heterocycles. The first kappa shape index (κ1) is 18.4. The van der Waals surface area contributed by atoms with Gasteiger partial charge in [0.05, 0.1) is 5.54 Å². The van der Waals surface area contributed by atoms with Crippen LogP contribution in [0.15, 0.2) is 72.8 Å². The summed E-state index contributed by atoms with van der Waals surface area (Å²) in [4.78, 5) is 2.47. The van der Waals surface area contributed by atoms with Gasteiger partial charge in [0, 0.05) is 0 Å². The van der Waals surface area contributed by atoms with Crippen LogP contribution in [0.4, 0.5) is 0 Å². The molecule has 1 fully saturated rings. The summed E-state index contributed by atoms with van der Waals surface area (Å²) in [6.07, 6.45) is 3.46. The van der Waals surface area contributed by atoms with E-state index < -0.39 is 5.54 Å². The van der Waals surface area contributed by atoms with Crippen LogP contribution in [0.1, 0.15) is 36.0 Å². The topological polar surface area (TPSA) is 63.9 Å². The van der Waals surface area contributed by atoms with Crippen LogP contribution in [0.2, 0.25) is 0 Å². The fraction of sp³-hybridized carbons (Fsp3) is 0.250. The van der Waals surface area contributed by atoms with Gasteiger partial charge in [-0.25, -0.2) is 0 Å². The zero-order valence-electron chi connectivity index (χ0n) is 15.8. The molecule has 3 aromatic carbocycles. The Morgan fingerprint density at radius 3 is 1.14 bits per heavy atom. The number of aromatic hydroxyl groups is 3. The maximum absolute atomic E-state index is 9.87. The lowest BCUT2D eigenvalue weighted by Crippen LogP contribution is -2.50. The van der Waals surface area contributed by atoms with Crippen LogP contribution in [0, 0.1) is 0 Å². The largest absolute Gasteiger partial charge is 0.508 e. The van der Waals surface area contributed by atoms with E-state index in [0.29, 0.717) is 0 Å². The van der Waals surface area contributed by atoms with E-state index in [2.05, 4.69) is 4.90 Å². The zero-order chi connectivity index (χ0) is 19.6. The molecule has 144 valence electrons. The van der Waals surface area contributed by atoms with Gasteiger partial charge in [0.25, 0.3) is 0 Å². The van der Waals surface area contributed by atoms with E-state index in [1.807, 2.05) is 36.4 Å². The first-order chi connectivity index (χ1) is 13.6. The summed E-state index contributed by atoms with van der Waals surface area (Å²) < 4.78 is 0. The molecule has 0 saturated carbocycles. The fourth-order valence-corrected chi connectivity index (χ4v) is 4.38. The van der Waals surface area contributed by atoms with E-state index in [1.54, 1.807) is 36.4 Å². The van der Waals surface area contributed by atoms with Gasteiger partial charge in [-0.1, -0.05) is 42.8 Å². The quantitative estimate of drug-likeness (QED) is 0.584. The van der Waals surface area contributed by atoms with Crippen molar-refractivity contribution in [3.05, 3.63) is 89.5 Å². The third-order valence-electron chi connectivity index (χ3n) is 5.69. The summed E-state index contributed by atoms with van der Waals surface area (Å²) in [5, 5.41) is 29.6. The van der Waals surface area contributed by atoms with E-state index in [9.17, 15) is 15.3 Å². The molecular weight excluding hydrogens is 350 g/mol. The number of phenols is 3. The molecule has 0 atom stereocenters. The Kier molecular flexibility index (Phi) is 4.97. The lowest BCUT2D eigenvalue weighted by atomic mass is 9.74. The van der Waals surface area contributed by atoms with E-state index >= 15 is 0 Å². The molecular formula is C24H25NO3. The van der Waals surface area contributed by atoms with Crippen molar-refractivity contribution in [3.63, 3.8) is 0 Å². The van der Waals surface area contributed by atoms with Crippen molar-refractivity contribution in [2.75, 3.05) is 13.1 Å². The van der Waals surface area contributed by atoms with Gasteiger partial charge < -0.3 is 15.3 Å². The van der Waals surface area contributed by atoms with Gasteiger partial charge in [0.2, 0.25) is 0 Å². The standard InChI is InChI=1S/C24H25NO3/c26-21-10-4-18(5-11-21)24(25-16-2-1-3-17-25,19-6-12-22(27)13-7-19)20-8-14-23(28)15-9-20/h4-15,26-28H,1-3,16-17H2. The lowest BCUT2D eigenvalue weighted by molar-refractivity contribution is 0.127. The molecule has 0 unspecified atom stereocenters. The summed E-state index contributed by atoms with van der Waals surface area (Å²) in [5.41, 5.74) is 2.56. The van der Waals surface area contributed by atoms with E-state index in [0.717, 1.165) is 42.6 Å². The maximum Gasteiger partial charge on any atom is 0.115 e. The van der Waals surface area contributed by atoms with Gasteiger partial charge in [0.1, 0.15) is 17.2 Å². The second-order valence-electron chi connectivity index (χ2n) is 7.40. The van der Waals surface area contributed by atoms with Gasteiger partial charge in [-0.3, -0.25) is 4.90 Å². The first-order valence-corrected chi connectivity index (χ1v) is 9.74. The number of rotatable bonds is 4. The van der Waals surface area contributed by atoms with Crippen LogP contribution in [-0.4, -0.2) is 33.3 Å². The molecule has 0 spiro atoms. The monoisotopic (exact) mass is 375 g/mol. The molecule has 0 bridgehead atoms. The van der Waals surface area contributed by atoms with Gasteiger partial charge in [-0.2, -0.15) is 0 Å². The van der Waals surface area contributed by atoms with Crippen LogP contribution in [0.25, 0.3) is 0 Å².